The minimum atomic E-state index is -2.79. The van der Waals surface area contributed by atoms with Crippen molar-refractivity contribution in [1.29, 1.82) is 0 Å². The van der Waals surface area contributed by atoms with Gasteiger partial charge in [-0.25, -0.2) is 13.6 Å². The van der Waals surface area contributed by atoms with Crippen LogP contribution in [0.15, 0.2) is 78.9 Å². The lowest BCUT2D eigenvalue weighted by molar-refractivity contribution is -0.194. The molecule has 0 spiro atoms. The number of alkyl halides is 2. The SMILES string of the molecule is COC(=O)[C@@H]1Cc2c(cccc2OCc2ccccc2)CN1C(=O)C(OC1CC(F)(F)C1)c1ccccc1. The van der Waals surface area contributed by atoms with Crippen LogP contribution in [0.25, 0.3) is 0 Å². The number of rotatable bonds is 8. The Balaban J connectivity index is 1.42. The zero-order valence-electron chi connectivity index (χ0n) is 21.0. The molecule has 1 saturated carbocycles. The summed E-state index contributed by atoms with van der Waals surface area (Å²) in [5, 5.41) is 0. The summed E-state index contributed by atoms with van der Waals surface area (Å²) in [4.78, 5) is 28.3. The van der Waals surface area contributed by atoms with Gasteiger partial charge in [0.25, 0.3) is 11.8 Å². The molecule has 1 amide bonds. The topological polar surface area (TPSA) is 65.1 Å². The number of ether oxygens (including phenoxy) is 3. The molecule has 0 N–H and O–H groups in total. The average Bonchev–Trinajstić information content (AvgIpc) is 2.93. The molecule has 0 radical (unpaired) electrons. The van der Waals surface area contributed by atoms with Crippen molar-refractivity contribution in [3.8, 4) is 5.75 Å². The van der Waals surface area contributed by atoms with Crippen molar-refractivity contribution in [2.75, 3.05) is 7.11 Å². The number of hydrogen-bond donors (Lipinski definition) is 0. The molecule has 38 heavy (non-hydrogen) atoms. The standard InChI is InChI=1S/C30H29F2NO5/c1-36-29(35)25-15-24-22(13-8-14-26(24)37-19-20-9-4-2-5-10-20)18-33(25)28(34)27(21-11-6-3-7-12-21)38-23-16-30(31,32)17-23/h2-14,23,25,27H,15-19H2,1H3/t25-,27?/m0/s1. The molecular formula is C30H29F2NO5. The van der Waals surface area contributed by atoms with Crippen LogP contribution in [0.2, 0.25) is 0 Å². The van der Waals surface area contributed by atoms with Crippen molar-refractivity contribution in [1.82, 2.24) is 4.90 Å². The number of hydrogen-bond acceptors (Lipinski definition) is 5. The molecule has 2 aliphatic rings. The second-order valence-corrected chi connectivity index (χ2v) is 9.69. The molecule has 8 heteroatoms. The Bertz CT molecular complexity index is 1280. The number of amides is 1. The van der Waals surface area contributed by atoms with E-state index in [0.717, 1.165) is 16.7 Å². The monoisotopic (exact) mass is 521 g/mol. The molecule has 1 heterocycles. The predicted octanol–water partition coefficient (Wildman–Crippen LogP) is 5.25. The van der Waals surface area contributed by atoms with Crippen LogP contribution in [-0.4, -0.2) is 42.0 Å². The minimum Gasteiger partial charge on any atom is -0.489 e. The fraction of sp³-hybridized carbons (Fsp3) is 0.333. The highest BCUT2D eigenvalue weighted by atomic mass is 19.3. The summed E-state index contributed by atoms with van der Waals surface area (Å²) in [6.07, 6.45) is -2.54. The molecule has 1 aliphatic carbocycles. The smallest absolute Gasteiger partial charge is 0.328 e. The molecule has 0 aromatic heterocycles. The lowest BCUT2D eigenvalue weighted by Gasteiger charge is -2.40. The van der Waals surface area contributed by atoms with Crippen LogP contribution in [0.1, 0.15) is 41.2 Å². The molecule has 3 aromatic rings. The molecule has 1 fully saturated rings. The second-order valence-electron chi connectivity index (χ2n) is 9.69. The minimum absolute atomic E-state index is 0.129. The Morgan fingerprint density at radius 2 is 1.66 bits per heavy atom. The maximum absolute atomic E-state index is 13.9. The van der Waals surface area contributed by atoms with Gasteiger partial charge >= 0.3 is 5.97 Å². The van der Waals surface area contributed by atoms with E-state index in [9.17, 15) is 18.4 Å². The number of carbonyl (C=O) groups is 2. The van der Waals surface area contributed by atoms with Crippen LogP contribution in [0.4, 0.5) is 8.78 Å². The van der Waals surface area contributed by atoms with Crippen LogP contribution >= 0.6 is 0 Å². The highest BCUT2D eigenvalue weighted by molar-refractivity contribution is 5.88. The second kappa shape index (κ2) is 10.9. The van der Waals surface area contributed by atoms with Gasteiger partial charge in [-0.05, 0) is 22.8 Å². The Morgan fingerprint density at radius 3 is 2.32 bits per heavy atom. The molecule has 3 aromatic carbocycles. The van der Waals surface area contributed by atoms with Crippen molar-refractivity contribution in [2.24, 2.45) is 0 Å². The van der Waals surface area contributed by atoms with Crippen LogP contribution in [0.5, 0.6) is 5.75 Å². The van der Waals surface area contributed by atoms with Crippen molar-refractivity contribution in [3.63, 3.8) is 0 Å². The van der Waals surface area contributed by atoms with Crippen molar-refractivity contribution in [3.05, 3.63) is 101 Å². The van der Waals surface area contributed by atoms with E-state index in [1.54, 1.807) is 30.3 Å². The van der Waals surface area contributed by atoms with Gasteiger partial charge in [0.05, 0.1) is 13.2 Å². The zero-order valence-corrected chi connectivity index (χ0v) is 21.0. The van der Waals surface area contributed by atoms with E-state index < -0.39 is 48.9 Å². The van der Waals surface area contributed by atoms with Gasteiger partial charge in [0.2, 0.25) is 0 Å². The van der Waals surface area contributed by atoms with Crippen LogP contribution in [0, 0.1) is 0 Å². The van der Waals surface area contributed by atoms with Crippen molar-refractivity contribution < 1.29 is 32.6 Å². The first kappa shape index (κ1) is 25.9. The van der Waals surface area contributed by atoms with Gasteiger partial charge in [0, 0.05) is 31.4 Å². The number of esters is 1. The van der Waals surface area contributed by atoms with E-state index in [4.69, 9.17) is 14.2 Å². The summed E-state index contributed by atoms with van der Waals surface area (Å²) in [7, 11) is 1.28. The maximum Gasteiger partial charge on any atom is 0.328 e. The summed E-state index contributed by atoms with van der Waals surface area (Å²) in [6.45, 7) is 0.489. The molecule has 2 atom stereocenters. The summed E-state index contributed by atoms with van der Waals surface area (Å²) in [5.41, 5.74) is 3.22. The zero-order chi connectivity index (χ0) is 26.7. The van der Waals surface area contributed by atoms with Gasteiger partial charge in [0.1, 0.15) is 18.4 Å². The molecule has 0 bridgehead atoms. The van der Waals surface area contributed by atoms with Gasteiger partial charge in [-0.1, -0.05) is 72.8 Å². The maximum atomic E-state index is 13.9. The van der Waals surface area contributed by atoms with Gasteiger partial charge in [0.15, 0.2) is 6.10 Å². The van der Waals surface area contributed by atoms with Gasteiger partial charge in [-0.3, -0.25) is 4.79 Å². The number of methoxy groups -OCH3 is 1. The van der Waals surface area contributed by atoms with Crippen molar-refractivity contribution >= 4 is 11.9 Å². The third-order valence-electron chi connectivity index (χ3n) is 7.05. The largest absolute Gasteiger partial charge is 0.489 e. The Labute approximate surface area is 220 Å². The summed E-state index contributed by atoms with van der Waals surface area (Å²) < 4.78 is 44.2. The van der Waals surface area contributed by atoms with E-state index >= 15 is 0 Å². The summed E-state index contributed by atoms with van der Waals surface area (Å²) in [6, 6.07) is 23.2. The first-order chi connectivity index (χ1) is 18.3. The molecule has 0 saturated heterocycles. The van der Waals surface area contributed by atoms with Crippen LogP contribution in [0.3, 0.4) is 0 Å². The van der Waals surface area contributed by atoms with Crippen LogP contribution < -0.4 is 4.74 Å². The molecule has 5 rings (SSSR count). The van der Waals surface area contributed by atoms with Crippen LogP contribution in [-0.2, 0) is 38.6 Å². The first-order valence-electron chi connectivity index (χ1n) is 12.6. The van der Waals surface area contributed by atoms with E-state index in [0.29, 0.717) is 17.9 Å². The number of fused-ring (bicyclic) bond motifs is 1. The molecule has 1 aliphatic heterocycles. The van der Waals surface area contributed by atoms with E-state index in [1.165, 1.54) is 12.0 Å². The summed E-state index contributed by atoms with van der Waals surface area (Å²) >= 11 is 0. The van der Waals surface area contributed by atoms with E-state index in [1.807, 2.05) is 48.5 Å². The van der Waals surface area contributed by atoms with Gasteiger partial charge in [-0.15, -0.1) is 0 Å². The third-order valence-corrected chi connectivity index (χ3v) is 7.05. The number of benzene rings is 3. The molecule has 1 unspecified atom stereocenters. The fourth-order valence-corrected chi connectivity index (χ4v) is 4.99. The summed E-state index contributed by atoms with van der Waals surface area (Å²) in [5.74, 6) is -3.18. The van der Waals surface area contributed by atoms with E-state index in [-0.39, 0.29) is 13.0 Å². The molecule has 198 valence electrons. The van der Waals surface area contributed by atoms with Gasteiger partial charge < -0.3 is 19.1 Å². The number of nitrogens with zero attached hydrogens (tertiary/aromatic N) is 1. The quantitative estimate of drug-likeness (QED) is 0.379. The Morgan fingerprint density at radius 1 is 0.974 bits per heavy atom. The van der Waals surface area contributed by atoms with Crippen molar-refractivity contribution in [2.45, 2.75) is 56.6 Å². The highest BCUT2D eigenvalue weighted by Crippen LogP contribution is 2.42. The highest BCUT2D eigenvalue weighted by Gasteiger charge is 2.49. The Hall–Kier alpha value is -3.78. The number of carbonyl (C=O) groups excluding carboxylic acids is 2. The van der Waals surface area contributed by atoms with E-state index in [2.05, 4.69) is 0 Å². The molecule has 6 nitrogen and oxygen atoms in total. The average molecular weight is 522 g/mol. The molecular weight excluding hydrogens is 492 g/mol. The normalized spacial score (nSPS) is 19.1. The van der Waals surface area contributed by atoms with Gasteiger partial charge in [-0.2, -0.15) is 0 Å². The predicted molar refractivity (Wildman–Crippen MR) is 136 cm³/mol. The fourth-order valence-electron chi connectivity index (χ4n) is 4.99. The number of halogens is 2. The lowest BCUT2D eigenvalue weighted by Crippen LogP contribution is -2.52. The third kappa shape index (κ3) is 5.55. The Kier molecular flexibility index (Phi) is 7.42. The first-order valence-corrected chi connectivity index (χ1v) is 12.6. The lowest BCUT2D eigenvalue weighted by atomic mass is 9.90.